The van der Waals surface area contributed by atoms with Gasteiger partial charge in [0.15, 0.2) is 0 Å². The lowest BCUT2D eigenvalue weighted by Crippen LogP contribution is -2.40. The molecule has 0 aromatic heterocycles. The molecular weight excluding hydrogens is 364 g/mol. The Morgan fingerprint density at radius 1 is 0.931 bits per heavy atom. The largest absolute Gasteiger partial charge is 0.492 e. The van der Waals surface area contributed by atoms with Crippen molar-refractivity contribution in [3.63, 3.8) is 0 Å². The number of hydrogen-bond acceptors (Lipinski definition) is 3. The Hall–Kier alpha value is -3.47. The van der Waals surface area contributed by atoms with Crippen LogP contribution in [0.2, 0.25) is 0 Å². The molecular formula is C24H24N2O3. The Labute approximate surface area is 170 Å². The van der Waals surface area contributed by atoms with E-state index in [0.717, 1.165) is 28.4 Å². The van der Waals surface area contributed by atoms with Crippen LogP contribution in [-0.4, -0.2) is 19.2 Å². The molecule has 148 valence electrons. The van der Waals surface area contributed by atoms with Crippen molar-refractivity contribution in [2.75, 3.05) is 13.2 Å². The van der Waals surface area contributed by atoms with E-state index in [2.05, 4.69) is 24.5 Å². The Bertz CT molecular complexity index is 987. The molecule has 0 saturated carbocycles. The molecule has 0 spiro atoms. The highest BCUT2D eigenvalue weighted by Gasteiger charge is 2.27. The van der Waals surface area contributed by atoms with E-state index in [1.165, 1.54) is 11.1 Å². The Balaban J connectivity index is 1.37. The monoisotopic (exact) mass is 388 g/mol. The molecule has 3 aromatic carbocycles. The van der Waals surface area contributed by atoms with Gasteiger partial charge in [0.05, 0.1) is 12.6 Å². The van der Waals surface area contributed by atoms with Gasteiger partial charge < -0.3 is 20.1 Å². The normalized spacial score (nSPS) is 12.3. The van der Waals surface area contributed by atoms with Crippen LogP contribution in [0.1, 0.15) is 28.3 Å². The van der Waals surface area contributed by atoms with Gasteiger partial charge in [-0.3, -0.25) is 0 Å². The van der Waals surface area contributed by atoms with Gasteiger partial charge in [0, 0.05) is 11.1 Å². The third-order valence-electron chi connectivity index (χ3n) is 5.09. The van der Waals surface area contributed by atoms with Gasteiger partial charge in [0.2, 0.25) is 0 Å². The molecule has 29 heavy (non-hydrogen) atoms. The van der Waals surface area contributed by atoms with E-state index in [9.17, 15) is 4.79 Å². The van der Waals surface area contributed by atoms with Crippen molar-refractivity contribution in [3.05, 3.63) is 89.0 Å². The highest BCUT2D eigenvalue weighted by molar-refractivity contribution is 5.75. The molecule has 0 fully saturated rings. The van der Waals surface area contributed by atoms with E-state index in [4.69, 9.17) is 9.47 Å². The van der Waals surface area contributed by atoms with Crippen LogP contribution in [0.5, 0.6) is 17.2 Å². The minimum Gasteiger partial charge on any atom is -0.492 e. The number of para-hydroxylation sites is 2. The summed E-state index contributed by atoms with van der Waals surface area (Å²) in [5.74, 6) is 2.33. The summed E-state index contributed by atoms with van der Waals surface area (Å²) in [5.41, 5.74) is 4.29. The maximum Gasteiger partial charge on any atom is 0.315 e. The fourth-order valence-electron chi connectivity index (χ4n) is 3.38. The summed E-state index contributed by atoms with van der Waals surface area (Å²) in [6.07, 6.45) is 0. The average Bonchev–Trinajstić information content (AvgIpc) is 2.73. The number of carbonyl (C=O) groups is 1. The number of ether oxygens (including phenoxy) is 2. The molecule has 1 aliphatic heterocycles. The first kappa shape index (κ1) is 18.9. The minimum atomic E-state index is -0.267. The summed E-state index contributed by atoms with van der Waals surface area (Å²) >= 11 is 0. The zero-order chi connectivity index (χ0) is 20.2. The Kier molecular flexibility index (Phi) is 5.38. The van der Waals surface area contributed by atoms with Gasteiger partial charge in [-0.25, -0.2) is 4.79 Å². The number of amides is 2. The van der Waals surface area contributed by atoms with E-state index in [1.807, 2.05) is 66.7 Å². The highest BCUT2D eigenvalue weighted by Crippen LogP contribution is 2.42. The number of rotatable bonds is 5. The molecule has 0 bridgehead atoms. The van der Waals surface area contributed by atoms with Crippen LogP contribution in [0.15, 0.2) is 66.7 Å². The predicted octanol–water partition coefficient (Wildman–Crippen LogP) is 4.88. The van der Waals surface area contributed by atoms with Crippen molar-refractivity contribution >= 4 is 6.03 Å². The van der Waals surface area contributed by atoms with Gasteiger partial charge in [-0.2, -0.15) is 0 Å². The van der Waals surface area contributed by atoms with Gasteiger partial charge in [0.1, 0.15) is 23.9 Å². The average molecular weight is 388 g/mol. The van der Waals surface area contributed by atoms with Crippen LogP contribution in [-0.2, 0) is 0 Å². The lowest BCUT2D eigenvalue weighted by molar-refractivity contribution is 0.233. The highest BCUT2D eigenvalue weighted by atomic mass is 16.5. The van der Waals surface area contributed by atoms with Crippen LogP contribution in [0, 0.1) is 13.8 Å². The first-order chi connectivity index (χ1) is 14.1. The third kappa shape index (κ3) is 4.19. The molecule has 4 rings (SSSR count). The fourth-order valence-corrected chi connectivity index (χ4v) is 3.38. The summed E-state index contributed by atoms with van der Waals surface area (Å²) in [7, 11) is 0. The van der Waals surface area contributed by atoms with Crippen LogP contribution >= 0.6 is 0 Å². The number of benzene rings is 3. The Morgan fingerprint density at radius 3 is 2.24 bits per heavy atom. The summed E-state index contributed by atoms with van der Waals surface area (Å²) in [6.45, 7) is 4.93. The second kappa shape index (κ2) is 8.27. The zero-order valence-electron chi connectivity index (χ0n) is 16.6. The van der Waals surface area contributed by atoms with Gasteiger partial charge in [-0.05, 0) is 49.2 Å². The first-order valence-corrected chi connectivity index (χ1v) is 9.72. The maximum atomic E-state index is 12.5. The standard InChI is InChI=1S/C24H24N2O3/c1-16-11-12-18(15-17(16)2)28-14-13-25-24(27)26-23-19-7-3-5-9-21(19)29-22-10-6-4-8-20(22)23/h3-12,15,23H,13-14H2,1-2H3,(H2,25,26,27). The molecule has 5 nitrogen and oxygen atoms in total. The number of hydrogen-bond donors (Lipinski definition) is 2. The molecule has 1 aliphatic rings. The first-order valence-electron chi connectivity index (χ1n) is 9.72. The van der Waals surface area contributed by atoms with Crippen LogP contribution in [0.3, 0.4) is 0 Å². The van der Waals surface area contributed by atoms with Crippen molar-refractivity contribution in [2.24, 2.45) is 0 Å². The molecule has 0 aliphatic carbocycles. The molecule has 0 unspecified atom stereocenters. The van der Waals surface area contributed by atoms with E-state index >= 15 is 0 Å². The van der Waals surface area contributed by atoms with E-state index in [-0.39, 0.29) is 12.1 Å². The lowest BCUT2D eigenvalue weighted by atomic mass is 9.95. The second-order valence-electron chi connectivity index (χ2n) is 7.11. The van der Waals surface area contributed by atoms with Crippen molar-refractivity contribution in [1.82, 2.24) is 10.6 Å². The molecule has 2 N–H and O–H groups in total. The summed E-state index contributed by atoms with van der Waals surface area (Å²) in [5, 5.41) is 5.93. The SMILES string of the molecule is Cc1ccc(OCCNC(=O)NC2c3ccccc3Oc3ccccc32)cc1C. The van der Waals surface area contributed by atoms with Gasteiger partial charge >= 0.3 is 6.03 Å². The second-order valence-corrected chi connectivity index (χ2v) is 7.11. The molecule has 0 radical (unpaired) electrons. The molecule has 3 aromatic rings. The number of carbonyl (C=O) groups excluding carboxylic acids is 1. The number of nitrogens with one attached hydrogen (secondary N) is 2. The van der Waals surface area contributed by atoms with E-state index in [1.54, 1.807) is 0 Å². The maximum absolute atomic E-state index is 12.5. The van der Waals surface area contributed by atoms with E-state index in [0.29, 0.717) is 13.2 Å². The third-order valence-corrected chi connectivity index (χ3v) is 5.09. The fraction of sp³-hybridized carbons (Fsp3) is 0.208. The van der Waals surface area contributed by atoms with Gasteiger partial charge in [-0.1, -0.05) is 42.5 Å². The van der Waals surface area contributed by atoms with E-state index < -0.39 is 0 Å². The van der Waals surface area contributed by atoms with Gasteiger partial charge in [0.25, 0.3) is 0 Å². The topological polar surface area (TPSA) is 59.6 Å². The number of aryl methyl sites for hydroxylation is 2. The molecule has 0 saturated heterocycles. The van der Waals surface area contributed by atoms with Crippen molar-refractivity contribution < 1.29 is 14.3 Å². The van der Waals surface area contributed by atoms with Crippen LogP contribution in [0.25, 0.3) is 0 Å². The minimum absolute atomic E-state index is 0.245. The Morgan fingerprint density at radius 2 is 1.59 bits per heavy atom. The number of fused-ring (bicyclic) bond motifs is 2. The van der Waals surface area contributed by atoms with Gasteiger partial charge in [-0.15, -0.1) is 0 Å². The molecule has 5 heteroatoms. The van der Waals surface area contributed by atoms with Crippen molar-refractivity contribution in [3.8, 4) is 17.2 Å². The molecule has 1 heterocycles. The van der Waals surface area contributed by atoms with Crippen molar-refractivity contribution in [2.45, 2.75) is 19.9 Å². The molecule has 2 amide bonds. The summed E-state index contributed by atoms with van der Waals surface area (Å²) in [6, 6.07) is 21.0. The number of urea groups is 1. The smallest absolute Gasteiger partial charge is 0.315 e. The predicted molar refractivity (Wildman–Crippen MR) is 113 cm³/mol. The summed E-state index contributed by atoms with van der Waals surface area (Å²) < 4.78 is 11.7. The molecule has 0 atom stereocenters. The van der Waals surface area contributed by atoms with Crippen molar-refractivity contribution in [1.29, 1.82) is 0 Å². The quantitative estimate of drug-likeness (QED) is 0.613. The lowest BCUT2D eigenvalue weighted by Gasteiger charge is -2.28. The van der Waals surface area contributed by atoms with Crippen LogP contribution < -0.4 is 20.1 Å². The van der Waals surface area contributed by atoms with Crippen LogP contribution in [0.4, 0.5) is 4.79 Å². The summed E-state index contributed by atoms with van der Waals surface area (Å²) in [4.78, 5) is 12.5. The zero-order valence-corrected chi connectivity index (χ0v) is 16.6.